The summed E-state index contributed by atoms with van der Waals surface area (Å²) in [7, 11) is -2.24. The first-order valence-corrected chi connectivity index (χ1v) is 11.7. The highest BCUT2D eigenvalue weighted by molar-refractivity contribution is 7.89. The lowest BCUT2D eigenvalue weighted by Gasteiger charge is -2.20. The summed E-state index contributed by atoms with van der Waals surface area (Å²) in [5.74, 6) is 0.416. The molecule has 8 heteroatoms. The van der Waals surface area contributed by atoms with Gasteiger partial charge in [0.15, 0.2) is 0 Å². The van der Waals surface area contributed by atoms with E-state index in [4.69, 9.17) is 9.47 Å². The molecule has 1 fully saturated rings. The van der Waals surface area contributed by atoms with Crippen LogP contribution in [0.5, 0.6) is 11.5 Å². The largest absolute Gasteiger partial charge is 0.496 e. The first kappa shape index (κ1) is 22.8. The van der Waals surface area contributed by atoms with E-state index in [-0.39, 0.29) is 10.5 Å². The molecule has 0 saturated carbocycles. The van der Waals surface area contributed by atoms with Gasteiger partial charge in [0.2, 0.25) is 10.0 Å². The van der Waals surface area contributed by atoms with Gasteiger partial charge in [-0.15, -0.1) is 0 Å². The number of hydrogen-bond donors (Lipinski definition) is 1. The van der Waals surface area contributed by atoms with Crippen molar-refractivity contribution in [2.75, 3.05) is 32.1 Å². The quantitative estimate of drug-likeness (QED) is 0.620. The zero-order valence-electron chi connectivity index (χ0n) is 17.7. The molecule has 0 aliphatic carbocycles. The molecule has 0 unspecified atom stereocenters. The van der Waals surface area contributed by atoms with Crippen LogP contribution in [-0.2, 0) is 10.0 Å². The van der Waals surface area contributed by atoms with Crippen molar-refractivity contribution >= 4 is 21.6 Å². The predicted molar refractivity (Wildman–Crippen MR) is 120 cm³/mol. The standard InChI is InChI=1S/C23H28N2O5S/c1-3-15-30-19-10-8-9-18(16-19)24-23(26)21-17-20(11-12-22(21)29-2)31(27,28)25-13-6-4-5-7-14-25/h3,8-12,16-17H,1,4-7,13-15H2,2H3,(H,24,26). The summed E-state index contributed by atoms with van der Waals surface area (Å²) >= 11 is 0. The van der Waals surface area contributed by atoms with Crippen molar-refractivity contribution in [3.8, 4) is 11.5 Å². The van der Waals surface area contributed by atoms with Gasteiger partial charge in [0.25, 0.3) is 5.91 Å². The molecule has 0 atom stereocenters. The monoisotopic (exact) mass is 444 g/mol. The highest BCUT2D eigenvalue weighted by atomic mass is 32.2. The molecule has 31 heavy (non-hydrogen) atoms. The minimum absolute atomic E-state index is 0.0865. The molecule has 1 N–H and O–H groups in total. The molecule has 7 nitrogen and oxygen atoms in total. The van der Waals surface area contributed by atoms with Crippen LogP contribution in [0.3, 0.4) is 0 Å². The number of methoxy groups -OCH3 is 1. The molecule has 0 radical (unpaired) electrons. The van der Waals surface area contributed by atoms with Gasteiger partial charge in [0.05, 0.1) is 17.6 Å². The van der Waals surface area contributed by atoms with E-state index in [2.05, 4.69) is 11.9 Å². The van der Waals surface area contributed by atoms with Crippen molar-refractivity contribution in [2.45, 2.75) is 30.6 Å². The summed E-state index contributed by atoms with van der Waals surface area (Å²) in [6, 6.07) is 11.3. The van der Waals surface area contributed by atoms with Crippen molar-refractivity contribution < 1.29 is 22.7 Å². The fraction of sp³-hybridized carbons (Fsp3) is 0.348. The maximum absolute atomic E-state index is 13.1. The Kier molecular flexibility index (Phi) is 7.70. The minimum atomic E-state index is -3.69. The van der Waals surface area contributed by atoms with Gasteiger partial charge in [-0.05, 0) is 43.2 Å². The van der Waals surface area contributed by atoms with Crippen LogP contribution < -0.4 is 14.8 Å². The first-order chi connectivity index (χ1) is 15.0. The summed E-state index contributed by atoms with van der Waals surface area (Å²) in [5.41, 5.74) is 0.671. The second-order valence-corrected chi connectivity index (χ2v) is 9.20. The van der Waals surface area contributed by atoms with Crippen LogP contribution >= 0.6 is 0 Å². The number of rotatable bonds is 8. The zero-order valence-corrected chi connectivity index (χ0v) is 18.5. The van der Waals surface area contributed by atoms with Crippen LogP contribution in [0.2, 0.25) is 0 Å². The maximum atomic E-state index is 13.1. The first-order valence-electron chi connectivity index (χ1n) is 10.3. The van der Waals surface area contributed by atoms with Gasteiger partial charge in [0.1, 0.15) is 18.1 Å². The van der Waals surface area contributed by atoms with Crippen LogP contribution in [0.25, 0.3) is 0 Å². The molecular weight excluding hydrogens is 416 g/mol. The minimum Gasteiger partial charge on any atom is -0.496 e. The topological polar surface area (TPSA) is 84.9 Å². The molecule has 3 rings (SSSR count). The Morgan fingerprint density at radius 3 is 2.55 bits per heavy atom. The Balaban J connectivity index is 1.86. The van der Waals surface area contributed by atoms with Crippen molar-refractivity contribution in [3.05, 3.63) is 60.7 Å². The van der Waals surface area contributed by atoms with E-state index in [1.807, 2.05) is 0 Å². The zero-order chi connectivity index (χ0) is 22.3. The van der Waals surface area contributed by atoms with Crippen LogP contribution in [0.15, 0.2) is 60.0 Å². The molecule has 2 aromatic rings. The average molecular weight is 445 g/mol. The molecule has 2 aromatic carbocycles. The molecule has 1 aliphatic heterocycles. The lowest BCUT2D eigenvalue weighted by Crippen LogP contribution is -2.32. The summed E-state index contributed by atoms with van der Waals surface area (Å²) in [5, 5.41) is 2.78. The fourth-order valence-electron chi connectivity index (χ4n) is 3.47. The van der Waals surface area contributed by atoms with Crippen molar-refractivity contribution in [1.29, 1.82) is 0 Å². The van der Waals surface area contributed by atoms with Gasteiger partial charge in [-0.3, -0.25) is 4.79 Å². The summed E-state index contributed by atoms with van der Waals surface area (Å²) < 4.78 is 38.6. The van der Waals surface area contributed by atoms with E-state index < -0.39 is 15.9 Å². The number of ether oxygens (including phenoxy) is 2. The molecule has 1 saturated heterocycles. The van der Waals surface area contributed by atoms with Gasteiger partial charge < -0.3 is 14.8 Å². The number of nitrogens with zero attached hydrogens (tertiary/aromatic N) is 1. The van der Waals surface area contributed by atoms with Gasteiger partial charge in [-0.25, -0.2) is 8.42 Å². The third-order valence-corrected chi connectivity index (χ3v) is 6.97. The van der Waals surface area contributed by atoms with Crippen molar-refractivity contribution in [2.24, 2.45) is 0 Å². The smallest absolute Gasteiger partial charge is 0.259 e. The van der Waals surface area contributed by atoms with E-state index in [0.29, 0.717) is 36.9 Å². The number of anilines is 1. The molecule has 1 heterocycles. The molecular formula is C23H28N2O5S. The Bertz CT molecular complexity index is 1030. The predicted octanol–water partition coefficient (Wildman–Crippen LogP) is 4.08. The number of hydrogen-bond acceptors (Lipinski definition) is 5. The summed E-state index contributed by atoms with van der Waals surface area (Å²) in [6.45, 7) is 4.95. The van der Waals surface area contributed by atoms with Crippen LogP contribution in [0.1, 0.15) is 36.0 Å². The van der Waals surface area contributed by atoms with Gasteiger partial charge in [-0.2, -0.15) is 4.31 Å². The van der Waals surface area contributed by atoms with E-state index in [1.54, 1.807) is 30.3 Å². The van der Waals surface area contributed by atoms with Gasteiger partial charge in [0, 0.05) is 24.8 Å². The second kappa shape index (κ2) is 10.5. The fourth-order valence-corrected chi connectivity index (χ4v) is 5.02. The highest BCUT2D eigenvalue weighted by Crippen LogP contribution is 2.27. The maximum Gasteiger partial charge on any atom is 0.259 e. The number of sulfonamides is 1. The van der Waals surface area contributed by atoms with Crippen LogP contribution in [0, 0.1) is 0 Å². The van der Waals surface area contributed by atoms with E-state index >= 15 is 0 Å². The number of amides is 1. The summed E-state index contributed by atoms with van der Waals surface area (Å²) in [6.07, 6.45) is 5.36. The second-order valence-electron chi connectivity index (χ2n) is 7.26. The molecule has 0 aromatic heterocycles. The summed E-state index contributed by atoms with van der Waals surface area (Å²) in [4.78, 5) is 13.1. The lowest BCUT2D eigenvalue weighted by molar-refractivity contribution is 0.102. The van der Waals surface area contributed by atoms with Crippen LogP contribution in [0.4, 0.5) is 5.69 Å². The third-order valence-electron chi connectivity index (χ3n) is 5.08. The molecule has 0 spiro atoms. The number of carbonyl (C=O) groups excluding carboxylic acids is 1. The van der Waals surface area contributed by atoms with E-state index in [0.717, 1.165) is 25.7 Å². The Labute approximate surface area is 183 Å². The van der Waals surface area contributed by atoms with Crippen molar-refractivity contribution in [1.82, 2.24) is 4.31 Å². The third kappa shape index (κ3) is 5.65. The molecule has 1 amide bonds. The molecule has 0 bridgehead atoms. The Hall–Kier alpha value is -2.84. The Morgan fingerprint density at radius 1 is 1.13 bits per heavy atom. The number of benzene rings is 2. The molecule has 1 aliphatic rings. The van der Waals surface area contributed by atoms with Gasteiger partial charge in [-0.1, -0.05) is 31.6 Å². The average Bonchev–Trinajstić information content (AvgIpc) is 3.07. The SMILES string of the molecule is C=CCOc1cccc(NC(=O)c2cc(S(=O)(=O)N3CCCCCC3)ccc2OC)c1. The van der Waals surface area contributed by atoms with Crippen LogP contribution in [-0.4, -0.2) is 45.4 Å². The van der Waals surface area contributed by atoms with E-state index in [1.165, 1.54) is 29.6 Å². The number of nitrogens with one attached hydrogen (secondary N) is 1. The van der Waals surface area contributed by atoms with E-state index in [9.17, 15) is 13.2 Å². The normalized spacial score (nSPS) is 15.0. The van der Waals surface area contributed by atoms with Crippen molar-refractivity contribution in [3.63, 3.8) is 0 Å². The van der Waals surface area contributed by atoms with Gasteiger partial charge >= 0.3 is 0 Å². The highest BCUT2D eigenvalue weighted by Gasteiger charge is 2.27. The Morgan fingerprint density at radius 2 is 1.87 bits per heavy atom. The molecule has 166 valence electrons. The number of carbonyl (C=O) groups is 1. The lowest BCUT2D eigenvalue weighted by atomic mass is 10.2.